The van der Waals surface area contributed by atoms with Gasteiger partial charge in [0.15, 0.2) is 11.5 Å². The van der Waals surface area contributed by atoms with Crippen LogP contribution in [0.1, 0.15) is 17.4 Å². The molecule has 1 unspecified atom stereocenters. The highest BCUT2D eigenvalue weighted by atomic mass is 16.5. The Kier molecular flexibility index (Phi) is 4.72. The predicted octanol–water partition coefficient (Wildman–Crippen LogP) is 1.47. The molecule has 0 fully saturated rings. The number of carbonyl (C=O) groups is 1. The molecule has 1 atom stereocenters. The van der Waals surface area contributed by atoms with Gasteiger partial charge in [0.05, 0.1) is 6.61 Å². The molecule has 1 amide bonds. The van der Waals surface area contributed by atoms with Gasteiger partial charge in [0.1, 0.15) is 5.60 Å². The van der Waals surface area contributed by atoms with Gasteiger partial charge in [-0.05, 0) is 6.92 Å². The molecule has 0 radical (unpaired) electrons. The van der Waals surface area contributed by atoms with Gasteiger partial charge >= 0.3 is 0 Å². The monoisotopic (exact) mass is 290 g/mol. The van der Waals surface area contributed by atoms with Gasteiger partial charge in [0.25, 0.3) is 5.91 Å². The molecule has 6 heteroatoms. The number of aromatic nitrogens is 1. The second kappa shape index (κ2) is 6.51. The zero-order chi connectivity index (χ0) is 15.3. The molecule has 0 aliphatic carbocycles. The number of rotatable bonds is 6. The van der Waals surface area contributed by atoms with Crippen LogP contribution in [0.15, 0.2) is 40.9 Å². The number of aliphatic hydroxyl groups is 1. The molecule has 0 aliphatic heterocycles. The Bertz CT molecular complexity index is 593. The quantitative estimate of drug-likeness (QED) is 0.841. The molecular formula is C15H18N2O4. The van der Waals surface area contributed by atoms with Gasteiger partial charge in [-0.2, -0.15) is 0 Å². The smallest absolute Gasteiger partial charge is 0.273 e. The number of nitrogens with one attached hydrogen (secondary N) is 1. The summed E-state index contributed by atoms with van der Waals surface area (Å²) in [6, 6.07) is 10.9. The zero-order valence-corrected chi connectivity index (χ0v) is 12.0. The van der Waals surface area contributed by atoms with E-state index in [0.29, 0.717) is 5.76 Å². The maximum Gasteiger partial charge on any atom is 0.273 e. The van der Waals surface area contributed by atoms with Crippen molar-refractivity contribution in [3.8, 4) is 11.3 Å². The van der Waals surface area contributed by atoms with Crippen molar-refractivity contribution in [3.05, 3.63) is 42.1 Å². The molecule has 6 nitrogen and oxygen atoms in total. The van der Waals surface area contributed by atoms with Crippen LogP contribution >= 0.6 is 0 Å². The van der Waals surface area contributed by atoms with E-state index in [1.165, 1.54) is 7.11 Å². The molecular weight excluding hydrogens is 272 g/mol. The van der Waals surface area contributed by atoms with Gasteiger partial charge in [0.2, 0.25) is 0 Å². The first-order chi connectivity index (χ1) is 10.0. The third kappa shape index (κ3) is 4.14. The van der Waals surface area contributed by atoms with Gasteiger partial charge in [-0.1, -0.05) is 35.5 Å². The molecule has 2 N–H and O–H groups in total. The Hall–Kier alpha value is -2.18. The van der Waals surface area contributed by atoms with Crippen LogP contribution in [-0.4, -0.2) is 42.0 Å². The molecule has 0 bridgehead atoms. The standard InChI is InChI=1S/C15H18N2O4/c1-15(19,10-20-2)9-16-14(18)12-8-13(21-17-12)11-6-4-3-5-7-11/h3-8,19H,9-10H2,1-2H3,(H,16,18). The Balaban J connectivity index is 2.00. The molecule has 21 heavy (non-hydrogen) atoms. The Labute approximate surface area is 122 Å². The summed E-state index contributed by atoms with van der Waals surface area (Å²) in [6.07, 6.45) is 0. The third-order valence-electron chi connectivity index (χ3n) is 2.89. The number of benzene rings is 1. The van der Waals surface area contributed by atoms with Crippen molar-refractivity contribution in [2.24, 2.45) is 0 Å². The minimum atomic E-state index is -1.13. The fraction of sp³-hybridized carbons (Fsp3) is 0.333. The van der Waals surface area contributed by atoms with Crippen LogP contribution < -0.4 is 5.32 Å². The summed E-state index contributed by atoms with van der Waals surface area (Å²) in [7, 11) is 1.49. The summed E-state index contributed by atoms with van der Waals surface area (Å²) >= 11 is 0. The van der Waals surface area contributed by atoms with Crippen LogP contribution in [0, 0.1) is 0 Å². The molecule has 2 rings (SSSR count). The maximum atomic E-state index is 12.0. The van der Waals surface area contributed by atoms with Gasteiger partial charge in [-0.3, -0.25) is 4.79 Å². The maximum absolute atomic E-state index is 12.0. The molecule has 2 aromatic rings. The van der Waals surface area contributed by atoms with E-state index in [1.807, 2.05) is 30.3 Å². The Morgan fingerprint density at radius 3 is 2.81 bits per heavy atom. The van der Waals surface area contributed by atoms with Crippen molar-refractivity contribution in [2.75, 3.05) is 20.3 Å². The van der Waals surface area contributed by atoms with Crippen LogP contribution in [0.3, 0.4) is 0 Å². The lowest BCUT2D eigenvalue weighted by molar-refractivity contribution is -0.0147. The number of carbonyl (C=O) groups excluding carboxylic acids is 1. The second-order valence-corrected chi connectivity index (χ2v) is 5.06. The van der Waals surface area contributed by atoms with Crippen LogP contribution in [0.5, 0.6) is 0 Å². The fourth-order valence-electron chi connectivity index (χ4n) is 1.84. The highest BCUT2D eigenvalue weighted by Gasteiger charge is 2.22. The average molecular weight is 290 g/mol. The van der Waals surface area contributed by atoms with Crippen molar-refractivity contribution in [3.63, 3.8) is 0 Å². The summed E-state index contributed by atoms with van der Waals surface area (Å²) in [4.78, 5) is 12.0. The molecule has 1 aromatic heterocycles. The fourth-order valence-corrected chi connectivity index (χ4v) is 1.84. The minimum absolute atomic E-state index is 0.0627. The Morgan fingerprint density at radius 1 is 1.43 bits per heavy atom. The number of nitrogens with zero attached hydrogens (tertiary/aromatic N) is 1. The van der Waals surface area contributed by atoms with E-state index in [1.54, 1.807) is 13.0 Å². The molecule has 0 saturated heterocycles. The van der Waals surface area contributed by atoms with E-state index < -0.39 is 11.5 Å². The average Bonchev–Trinajstić information content (AvgIpc) is 2.96. The van der Waals surface area contributed by atoms with Crippen LogP contribution in [0.4, 0.5) is 0 Å². The highest BCUT2D eigenvalue weighted by molar-refractivity contribution is 5.93. The van der Waals surface area contributed by atoms with E-state index in [2.05, 4.69) is 10.5 Å². The van der Waals surface area contributed by atoms with E-state index in [4.69, 9.17) is 9.26 Å². The van der Waals surface area contributed by atoms with Gasteiger partial charge in [0, 0.05) is 25.3 Å². The molecule has 1 heterocycles. The largest absolute Gasteiger partial charge is 0.386 e. The van der Waals surface area contributed by atoms with Gasteiger partial charge in [-0.15, -0.1) is 0 Å². The number of amides is 1. The van der Waals surface area contributed by atoms with E-state index >= 15 is 0 Å². The van der Waals surface area contributed by atoms with Crippen LogP contribution in [-0.2, 0) is 4.74 Å². The van der Waals surface area contributed by atoms with E-state index in [0.717, 1.165) is 5.56 Å². The van der Waals surface area contributed by atoms with Gasteiger partial charge in [-0.25, -0.2) is 0 Å². The predicted molar refractivity (Wildman–Crippen MR) is 76.8 cm³/mol. The molecule has 0 spiro atoms. The summed E-state index contributed by atoms with van der Waals surface area (Å²) in [5.41, 5.74) is -0.117. The first-order valence-electron chi connectivity index (χ1n) is 6.53. The zero-order valence-electron chi connectivity index (χ0n) is 12.0. The first-order valence-corrected chi connectivity index (χ1v) is 6.53. The van der Waals surface area contributed by atoms with Crippen LogP contribution in [0.25, 0.3) is 11.3 Å². The van der Waals surface area contributed by atoms with Crippen molar-refractivity contribution in [2.45, 2.75) is 12.5 Å². The number of methoxy groups -OCH3 is 1. The topological polar surface area (TPSA) is 84.6 Å². The van der Waals surface area contributed by atoms with Crippen LogP contribution in [0.2, 0.25) is 0 Å². The van der Waals surface area contributed by atoms with Crippen molar-refractivity contribution in [1.29, 1.82) is 0 Å². The number of hydrogen-bond acceptors (Lipinski definition) is 5. The second-order valence-electron chi connectivity index (χ2n) is 5.06. The summed E-state index contributed by atoms with van der Waals surface area (Å²) in [6.45, 7) is 1.77. The highest BCUT2D eigenvalue weighted by Crippen LogP contribution is 2.19. The van der Waals surface area contributed by atoms with Crippen molar-refractivity contribution >= 4 is 5.91 Å². The Morgan fingerprint density at radius 2 is 2.14 bits per heavy atom. The van der Waals surface area contributed by atoms with E-state index in [9.17, 15) is 9.90 Å². The third-order valence-corrected chi connectivity index (χ3v) is 2.89. The van der Waals surface area contributed by atoms with Crippen molar-refractivity contribution < 1.29 is 19.2 Å². The number of hydrogen-bond donors (Lipinski definition) is 2. The van der Waals surface area contributed by atoms with Crippen molar-refractivity contribution in [1.82, 2.24) is 10.5 Å². The summed E-state index contributed by atoms with van der Waals surface area (Å²) in [5.74, 6) is 0.113. The molecule has 112 valence electrons. The summed E-state index contributed by atoms with van der Waals surface area (Å²) < 4.78 is 10.0. The minimum Gasteiger partial charge on any atom is -0.386 e. The lowest BCUT2D eigenvalue weighted by atomic mass is 10.1. The number of ether oxygens (including phenoxy) is 1. The molecule has 1 aromatic carbocycles. The lowest BCUT2D eigenvalue weighted by Crippen LogP contribution is -2.43. The molecule has 0 saturated carbocycles. The normalized spacial score (nSPS) is 13.7. The van der Waals surface area contributed by atoms with Gasteiger partial charge < -0.3 is 19.7 Å². The molecule has 0 aliphatic rings. The summed E-state index contributed by atoms with van der Waals surface area (Å²) in [5, 5.41) is 16.2. The first kappa shape index (κ1) is 15.2. The lowest BCUT2D eigenvalue weighted by Gasteiger charge is -2.22. The van der Waals surface area contributed by atoms with E-state index in [-0.39, 0.29) is 18.8 Å². The SMILES string of the molecule is COCC(C)(O)CNC(=O)c1cc(-c2ccccc2)on1.